The van der Waals surface area contributed by atoms with Gasteiger partial charge in [-0.3, -0.25) is 4.79 Å². The lowest BCUT2D eigenvalue weighted by molar-refractivity contribution is 0.403. The molecule has 0 amide bonds. The van der Waals surface area contributed by atoms with Gasteiger partial charge in [0.15, 0.2) is 5.43 Å². The summed E-state index contributed by atoms with van der Waals surface area (Å²) in [6, 6.07) is 12.1. The van der Waals surface area contributed by atoms with Crippen molar-refractivity contribution < 1.29 is 18.3 Å². The average molecular weight is 322 g/mol. The molecule has 0 aliphatic rings. The van der Waals surface area contributed by atoms with E-state index in [1.165, 1.54) is 6.07 Å². The molecule has 5 heteroatoms. The summed E-state index contributed by atoms with van der Waals surface area (Å²) in [7, 11) is 3.15. The number of fused-ring (bicyclic) bond motifs is 3. The Kier molecular flexibility index (Phi) is 3.27. The minimum atomic E-state index is -0.126. The topological polar surface area (TPSA) is 61.8 Å². The minimum Gasteiger partial charge on any atom is -0.497 e. The molecule has 0 N–H and O–H groups in total. The first-order valence-electron chi connectivity index (χ1n) is 7.38. The van der Waals surface area contributed by atoms with Gasteiger partial charge in [-0.1, -0.05) is 0 Å². The zero-order valence-electron chi connectivity index (χ0n) is 13.2. The smallest absolute Gasteiger partial charge is 0.193 e. The van der Waals surface area contributed by atoms with E-state index in [9.17, 15) is 4.79 Å². The molecule has 0 unspecified atom stereocenters. The summed E-state index contributed by atoms with van der Waals surface area (Å²) in [6.45, 7) is 0. The van der Waals surface area contributed by atoms with Gasteiger partial charge in [-0.15, -0.1) is 0 Å². The molecule has 0 bridgehead atoms. The number of furan rings is 1. The monoisotopic (exact) mass is 322 g/mol. The summed E-state index contributed by atoms with van der Waals surface area (Å²) in [4.78, 5) is 12.5. The van der Waals surface area contributed by atoms with Crippen LogP contribution in [0.25, 0.3) is 33.3 Å². The van der Waals surface area contributed by atoms with Crippen LogP contribution in [0.1, 0.15) is 0 Å². The molecule has 0 aliphatic heterocycles. The standard InChI is InChI=1S/C19H14O5/c1-21-11-3-5-16(22-2)14(9-11)18-10-15(20)12-4-6-17-13(7-8-23-17)19(12)24-18/h3-10H,1-2H3. The fourth-order valence-electron chi connectivity index (χ4n) is 2.80. The summed E-state index contributed by atoms with van der Waals surface area (Å²) < 4.78 is 22.1. The molecule has 0 fully saturated rings. The van der Waals surface area contributed by atoms with Gasteiger partial charge in [-0.05, 0) is 36.4 Å². The molecule has 120 valence electrons. The Morgan fingerprint density at radius 2 is 1.79 bits per heavy atom. The summed E-state index contributed by atoms with van der Waals surface area (Å²) >= 11 is 0. The SMILES string of the molecule is COc1ccc(OC)c(-c2cc(=O)c3ccc4occc4c3o2)c1. The molecule has 2 heterocycles. The molecule has 2 aromatic heterocycles. The van der Waals surface area contributed by atoms with Crippen molar-refractivity contribution in [1.29, 1.82) is 0 Å². The molecule has 0 spiro atoms. The Morgan fingerprint density at radius 3 is 2.58 bits per heavy atom. The molecule has 0 saturated carbocycles. The largest absolute Gasteiger partial charge is 0.497 e. The quantitative estimate of drug-likeness (QED) is 0.565. The maximum atomic E-state index is 12.5. The number of benzene rings is 2. The minimum absolute atomic E-state index is 0.126. The van der Waals surface area contributed by atoms with Crippen molar-refractivity contribution in [2.45, 2.75) is 0 Å². The fraction of sp³-hybridized carbons (Fsp3) is 0.105. The van der Waals surface area contributed by atoms with E-state index in [-0.39, 0.29) is 5.43 Å². The first kappa shape index (κ1) is 14.4. The van der Waals surface area contributed by atoms with Gasteiger partial charge < -0.3 is 18.3 Å². The molecule has 2 aromatic carbocycles. The van der Waals surface area contributed by atoms with Gasteiger partial charge in [0.1, 0.15) is 28.4 Å². The summed E-state index contributed by atoms with van der Waals surface area (Å²) in [5.74, 6) is 1.66. The second kappa shape index (κ2) is 5.45. The Balaban J connectivity index is 2.06. The highest BCUT2D eigenvalue weighted by molar-refractivity contribution is 6.02. The number of hydrogen-bond donors (Lipinski definition) is 0. The fourth-order valence-corrected chi connectivity index (χ4v) is 2.80. The first-order valence-corrected chi connectivity index (χ1v) is 7.38. The number of rotatable bonds is 3. The van der Waals surface area contributed by atoms with Crippen LogP contribution in [-0.4, -0.2) is 14.2 Å². The van der Waals surface area contributed by atoms with Crippen LogP contribution in [-0.2, 0) is 0 Å². The van der Waals surface area contributed by atoms with Crippen molar-refractivity contribution >= 4 is 21.9 Å². The van der Waals surface area contributed by atoms with Crippen molar-refractivity contribution in [2.24, 2.45) is 0 Å². The molecule has 0 atom stereocenters. The molecule has 24 heavy (non-hydrogen) atoms. The van der Waals surface area contributed by atoms with Crippen molar-refractivity contribution in [3.8, 4) is 22.8 Å². The Morgan fingerprint density at radius 1 is 0.917 bits per heavy atom. The van der Waals surface area contributed by atoms with E-state index >= 15 is 0 Å². The molecule has 0 saturated heterocycles. The van der Waals surface area contributed by atoms with E-state index in [1.54, 1.807) is 56.9 Å². The van der Waals surface area contributed by atoms with E-state index in [0.717, 1.165) is 5.39 Å². The highest BCUT2D eigenvalue weighted by Crippen LogP contribution is 2.35. The van der Waals surface area contributed by atoms with Gasteiger partial charge in [0.05, 0.1) is 36.8 Å². The molecule has 4 rings (SSSR count). The van der Waals surface area contributed by atoms with Crippen LogP contribution in [0.5, 0.6) is 11.5 Å². The highest BCUT2D eigenvalue weighted by atomic mass is 16.5. The van der Waals surface area contributed by atoms with E-state index in [0.29, 0.717) is 39.4 Å². The van der Waals surface area contributed by atoms with E-state index in [2.05, 4.69) is 0 Å². The van der Waals surface area contributed by atoms with E-state index < -0.39 is 0 Å². The zero-order valence-corrected chi connectivity index (χ0v) is 13.2. The van der Waals surface area contributed by atoms with Crippen molar-refractivity contribution in [1.82, 2.24) is 0 Å². The average Bonchev–Trinajstić information content (AvgIpc) is 3.10. The molecule has 4 aromatic rings. The molecular weight excluding hydrogens is 308 g/mol. The molecule has 0 radical (unpaired) electrons. The lowest BCUT2D eigenvalue weighted by Gasteiger charge is -2.10. The highest BCUT2D eigenvalue weighted by Gasteiger charge is 2.15. The summed E-state index contributed by atoms with van der Waals surface area (Å²) in [5, 5.41) is 1.27. The second-order valence-electron chi connectivity index (χ2n) is 5.32. The normalized spacial score (nSPS) is 11.1. The van der Waals surface area contributed by atoms with Crippen LogP contribution < -0.4 is 14.9 Å². The van der Waals surface area contributed by atoms with Crippen molar-refractivity contribution in [2.75, 3.05) is 14.2 Å². The van der Waals surface area contributed by atoms with Gasteiger partial charge >= 0.3 is 0 Å². The van der Waals surface area contributed by atoms with Crippen LogP contribution in [0.3, 0.4) is 0 Å². The summed E-state index contributed by atoms with van der Waals surface area (Å²) in [6.07, 6.45) is 1.57. The Bertz CT molecular complexity index is 1100. The Hall–Kier alpha value is -3.21. The third kappa shape index (κ3) is 2.13. The number of methoxy groups -OCH3 is 2. The van der Waals surface area contributed by atoms with Gasteiger partial charge in [-0.2, -0.15) is 0 Å². The zero-order chi connectivity index (χ0) is 16.7. The number of ether oxygens (including phenoxy) is 2. The maximum Gasteiger partial charge on any atom is 0.193 e. The molecule has 0 aliphatic carbocycles. The van der Waals surface area contributed by atoms with E-state index in [1.807, 2.05) is 0 Å². The third-order valence-electron chi connectivity index (χ3n) is 4.00. The predicted molar refractivity (Wildman–Crippen MR) is 90.8 cm³/mol. The Labute approximate surface area is 137 Å². The molecule has 5 nitrogen and oxygen atoms in total. The van der Waals surface area contributed by atoms with Gasteiger partial charge in [0.2, 0.25) is 0 Å². The van der Waals surface area contributed by atoms with Crippen LogP contribution in [0.2, 0.25) is 0 Å². The van der Waals surface area contributed by atoms with Crippen molar-refractivity contribution in [3.63, 3.8) is 0 Å². The van der Waals surface area contributed by atoms with Gasteiger partial charge in [0, 0.05) is 6.07 Å². The van der Waals surface area contributed by atoms with Gasteiger partial charge in [-0.25, -0.2) is 0 Å². The van der Waals surface area contributed by atoms with Crippen LogP contribution in [0, 0.1) is 0 Å². The molecular formula is C19H14O5. The first-order chi connectivity index (χ1) is 11.7. The maximum absolute atomic E-state index is 12.5. The van der Waals surface area contributed by atoms with Crippen LogP contribution >= 0.6 is 0 Å². The predicted octanol–water partition coefficient (Wildman–Crippen LogP) is 4.22. The van der Waals surface area contributed by atoms with E-state index in [4.69, 9.17) is 18.3 Å². The lowest BCUT2D eigenvalue weighted by atomic mass is 10.1. The lowest BCUT2D eigenvalue weighted by Crippen LogP contribution is -2.01. The van der Waals surface area contributed by atoms with Gasteiger partial charge in [0.25, 0.3) is 0 Å². The number of hydrogen-bond acceptors (Lipinski definition) is 5. The van der Waals surface area contributed by atoms with Crippen LogP contribution in [0.4, 0.5) is 0 Å². The van der Waals surface area contributed by atoms with Crippen molar-refractivity contribution in [3.05, 3.63) is 59.0 Å². The van der Waals surface area contributed by atoms with Crippen LogP contribution in [0.15, 0.2) is 62.4 Å². The summed E-state index contributed by atoms with van der Waals surface area (Å²) in [5.41, 5.74) is 1.68. The second-order valence-corrected chi connectivity index (χ2v) is 5.32. The third-order valence-corrected chi connectivity index (χ3v) is 4.00.